The predicted molar refractivity (Wildman–Crippen MR) is 111 cm³/mol. The summed E-state index contributed by atoms with van der Waals surface area (Å²) in [5.41, 5.74) is 7.46. The highest BCUT2D eigenvalue weighted by atomic mass is 16.5. The lowest BCUT2D eigenvalue weighted by atomic mass is 10.2. The summed E-state index contributed by atoms with van der Waals surface area (Å²) >= 11 is 0. The molecule has 1 saturated heterocycles. The molecule has 1 fully saturated rings. The lowest BCUT2D eigenvalue weighted by Gasteiger charge is -2.36. The number of nitrogens with two attached hydrogens (primary N) is 1. The van der Waals surface area contributed by atoms with Crippen LogP contribution in [-0.4, -0.2) is 50.6 Å². The molecule has 1 heterocycles. The number of anilines is 1. The minimum Gasteiger partial charge on any atom is -0.497 e. The van der Waals surface area contributed by atoms with E-state index in [0.717, 1.165) is 61.9 Å². The fourth-order valence-electron chi connectivity index (χ4n) is 3.41. The summed E-state index contributed by atoms with van der Waals surface area (Å²) in [6, 6.07) is 16.1. The molecule has 0 bridgehead atoms. The number of primary amides is 1. The third kappa shape index (κ3) is 5.63. The maximum absolute atomic E-state index is 10.9. The van der Waals surface area contributed by atoms with Gasteiger partial charge >= 0.3 is 0 Å². The predicted octanol–water partition coefficient (Wildman–Crippen LogP) is 2.66. The van der Waals surface area contributed by atoms with Gasteiger partial charge in [0.15, 0.2) is 0 Å². The summed E-state index contributed by atoms with van der Waals surface area (Å²) in [5.74, 6) is 1.53. The summed E-state index contributed by atoms with van der Waals surface area (Å²) in [5, 5.41) is 0. The Bertz CT molecular complexity index is 756. The minimum absolute atomic E-state index is 0.221. The molecule has 6 nitrogen and oxygen atoms in total. The fraction of sp³-hybridized carbons (Fsp3) is 0.409. The number of piperazine rings is 1. The molecule has 0 aromatic heterocycles. The molecule has 0 unspecified atom stereocenters. The number of carbonyl (C=O) groups excluding carboxylic acids is 1. The van der Waals surface area contributed by atoms with Crippen molar-refractivity contribution in [2.75, 3.05) is 44.7 Å². The smallest absolute Gasteiger partial charge is 0.217 e. The molecule has 0 radical (unpaired) electrons. The van der Waals surface area contributed by atoms with Crippen molar-refractivity contribution in [1.29, 1.82) is 0 Å². The molecule has 0 aliphatic carbocycles. The van der Waals surface area contributed by atoms with Crippen molar-refractivity contribution < 1.29 is 14.3 Å². The Balaban J connectivity index is 1.54. The van der Waals surface area contributed by atoms with Crippen LogP contribution in [0.3, 0.4) is 0 Å². The minimum atomic E-state index is -0.221. The zero-order valence-electron chi connectivity index (χ0n) is 16.5. The van der Waals surface area contributed by atoms with E-state index < -0.39 is 0 Å². The highest BCUT2D eigenvalue weighted by Crippen LogP contribution is 2.29. The van der Waals surface area contributed by atoms with E-state index in [2.05, 4.69) is 21.9 Å². The fourth-order valence-corrected chi connectivity index (χ4v) is 3.41. The third-order valence-electron chi connectivity index (χ3n) is 5.03. The molecule has 1 amide bonds. The number of para-hydroxylation sites is 2. The van der Waals surface area contributed by atoms with Gasteiger partial charge < -0.3 is 20.1 Å². The normalized spacial score (nSPS) is 14.7. The van der Waals surface area contributed by atoms with Crippen LogP contribution in [0.2, 0.25) is 0 Å². The molecule has 2 N–H and O–H groups in total. The molecule has 1 aliphatic heterocycles. The summed E-state index contributed by atoms with van der Waals surface area (Å²) in [6.07, 6.45) is 1.29. The second kappa shape index (κ2) is 9.99. The van der Waals surface area contributed by atoms with E-state index in [1.807, 2.05) is 36.4 Å². The first-order valence-electron chi connectivity index (χ1n) is 9.76. The topological polar surface area (TPSA) is 68.0 Å². The van der Waals surface area contributed by atoms with Crippen molar-refractivity contribution in [2.24, 2.45) is 5.73 Å². The Morgan fingerprint density at radius 1 is 1.04 bits per heavy atom. The number of carbonyl (C=O) groups is 1. The molecule has 28 heavy (non-hydrogen) atoms. The molecule has 2 aromatic rings. The third-order valence-corrected chi connectivity index (χ3v) is 5.03. The Kier molecular flexibility index (Phi) is 7.14. The van der Waals surface area contributed by atoms with Gasteiger partial charge in [0.05, 0.1) is 12.8 Å². The van der Waals surface area contributed by atoms with Gasteiger partial charge in [-0.05, 0) is 42.8 Å². The van der Waals surface area contributed by atoms with Crippen LogP contribution in [0.5, 0.6) is 11.5 Å². The first-order valence-corrected chi connectivity index (χ1v) is 9.76. The highest BCUT2D eigenvalue weighted by Gasteiger charge is 2.19. The van der Waals surface area contributed by atoms with Crippen molar-refractivity contribution in [3.8, 4) is 11.5 Å². The van der Waals surface area contributed by atoms with Gasteiger partial charge in [-0.1, -0.05) is 24.3 Å². The van der Waals surface area contributed by atoms with E-state index in [9.17, 15) is 4.79 Å². The van der Waals surface area contributed by atoms with Crippen molar-refractivity contribution in [3.05, 3.63) is 54.1 Å². The van der Waals surface area contributed by atoms with Crippen LogP contribution >= 0.6 is 0 Å². The van der Waals surface area contributed by atoms with Crippen molar-refractivity contribution >= 4 is 11.6 Å². The summed E-state index contributed by atoms with van der Waals surface area (Å²) in [4.78, 5) is 15.6. The standard InChI is InChI=1S/C22H29N3O3/c1-27-19-10-8-18(9-11-19)17-28-21-6-3-2-5-20(21)25-15-13-24(14-16-25)12-4-7-22(23)26/h2-3,5-6,8-11H,4,7,12-17H2,1H3,(H2,23,26). The van der Waals surface area contributed by atoms with E-state index in [0.29, 0.717) is 13.0 Å². The number of amides is 1. The van der Waals surface area contributed by atoms with Crippen molar-refractivity contribution in [2.45, 2.75) is 19.4 Å². The van der Waals surface area contributed by atoms with E-state index in [1.54, 1.807) is 7.11 Å². The second-order valence-corrected chi connectivity index (χ2v) is 7.00. The maximum Gasteiger partial charge on any atom is 0.217 e. The van der Waals surface area contributed by atoms with Gasteiger partial charge in [0, 0.05) is 32.6 Å². The van der Waals surface area contributed by atoms with Gasteiger partial charge in [-0.3, -0.25) is 9.69 Å². The SMILES string of the molecule is COc1ccc(COc2ccccc2N2CCN(CCCC(N)=O)CC2)cc1. The van der Waals surface area contributed by atoms with Gasteiger partial charge in [0.2, 0.25) is 5.91 Å². The Hall–Kier alpha value is -2.73. The van der Waals surface area contributed by atoms with Crippen LogP contribution in [-0.2, 0) is 11.4 Å². The van der Waals surface area contributed by atoms with E-state index in [1.165, 1.54) is 0 Å². The molecule has 3 rings (SSSR count). The number of ether oxygens (including phenoxy) is 2. The number of benzene rings is 2. The average molecular weight is 383 g/mol. The quantitative estimate of drug-likeness (QED) is 0.721. The molecule has 2 aromatic carbocycles. The number of nitrogens with zero attached hydrogens (tertiary/aromatic N) is 2. The molecule has 0 spiro atoms. The lowest BCUT2D eigenvalue weighted by molar-refractivity contribution is -0.118. The number of rotatable bonds is 9. The Labute approximate surface area is 166 Å². The zero-order valence-corrected chi connectivity index (χ0v) is 16.5. The number of methoxy groups -OCH3 is 1. The number of hydrogen-bond donors (Lipinski definition) is 1. The molecular formula is C22H29N3O3. The Morgan fingerprint density at radius 2 is 1.75 bits per heavy atom. The lowest BCUT2D eigenvalue weighted by Crippen LogP contribution is -2.46. The van der Waals surface area contributed by atoms with Crippen LogP contribution in [0.25, 0.3) is 0 Å². The maximum atomic E-state index is 10.9. The van der Waals surface area contributed by atoms with E-state index in [-0.39, 0.29) is 5.91 Å². The van der Waals surface area contributed by atoms with E-state index >= 15 is 0 Å². The average Bonchev–Trinajstić information content (AvgIpc) is 2.73. The molecule has 6 heteroatoms. The van der Waals surface area contributed by atoms with Crippen molar-refractivity contribution in [3.63, 3.8) is 0 Å². The van der Waals surface area contributed by atoms with Gasteiger partial charge in [-0.2, -0.15) is 0 Å². The molecule has 150 valence electrons. The van der Waals surface area contributed by atoms with Gasteiger partial charge in [0.1, 0.15) is 18.1 Å². The van der Waals surface area contributed by atoms with Crippen LogP contribution in [0, 0.1) is 0 Å². The monoisotopic (exact) mass is 383 g/mol. The summed E-state index contributed by atoms with van der Waals surface area (Å²) in [7, 11) is 1.67. The van der Waals surface area contributed by atoms with Crippen LogP contribution in [0.1, 0.15) is 18.4 Å². The highest BCUT2D eigenvalue weighted by molar-refractivity contribution is 5.73. The number of hydrogen-bond acceptors (Lipinski definition) is 5. The van der Waals surface area contributed by atoms with Crippen LogP contribution < -0.4 is 20.1 Å². The molecule has 0 saturated carbocycles. The zero-order chi connectivity index (χ0) is 19.8. The van der Waals surface area contributed by atoms with Gasteiger partial charge in [-0.15, -0.1) is 0 Å². The summed E-state index contributed by atoms with van der Waals surface area (Å²) in [6.45, 7) is 5.29. The second-order valence-electron chi connectivity index (χ2n) is 7.00. The van der Waals surface area contributed by atoms with Crippen molar-refractivity contribution in [1.82, 2.24) is 4.90 Å². The van der Waals surface area contributed by atoms with Gasteiger partial charge in [-0.25, -0.2) is 0 Å². The van der Waals surface area contributed by atoms with Crippen LogP contribution in [0.15, 0.2) is 48.5 Å². The first kappa shape index (κ1) is 20.0. The molecule has 1 aliphatic rings. The largest absolute Gasteiger partial charge is 0.497 e. The Morgan fingerprint density at radius 3 is 2.43 bits per heavy atom. The van der Waals surface area contributed by atoms with Gasteiger partial charge in [0.25, 0.3) is 0 Å². The van der Waals surface area contributed by atoms with E-state index in [4.69, 9.17) is 15.2 Å². The first-order chi connectivity index (χ1) is 13.7. The summed E-state index contributed by atoms with van der Waals surface area (Å²) < 4.78 is 11.3. The molecule has 0 atom stereocenters. The molecular weight excluding hydrogens is 354 g/mol. The van der Waals surface area contributed by atoms with Crippen LogP contribution in [0.4, 0.5) is 5.69 Å².